The molecule has 0 atom stereocenters. The summed E-state index contributed by atoms with van der Waals surface area (Å²) in [6.45, 7) is 22.6. The lowest BCUT2D eigenvalue weighted by Crippen LogP contribution is -2.19. The number of ether oxygens (including phenoxy) is 1. The Morgan fingerprint density at radius 1 is 0.800 bits per heavy atom. The Morgan fingerprint density at radius 3 is 1.83 bits per heavy atom. The van der Waals surface area contributed by atoms with Crippen LogP contribution < -0.4 is 0 Å². The van der Waals surface area contributed by atoms with Gasteiger partial charge >= 0.3 is 5.97 Å². The number of esters is 1. The monoisotopic (exact) mass is 403 g/mol. The second-order valence-corrected chi connectivity index (χ2v) is 6.02. The molecule has 30 heavy (non-hydrogen) atoms. The smallest absolute Gasteiger partial charge is 0.338 e. The molecule has 0 unspecified atom stereocenters. The Balaban J connectivity index is 6.64. The maximum absolute atomic E-state index is 11.8. The van der Waals surface area contributed by atoms with Crippen molar-refractivity contribution in [2.24, 2.45) is 0 Å². The van der Waals surface area contributed by atoms with Crippen LogP contribution in [0.4, 0.5) is 0 Å². The van der Waals surface area contributed by atoms with Crippen molar-refractivity contribution in [3.8, 4) is 0 Å². The van der Waals surface area contributed by atoms with Crippen molar-refractivity contribution >= 4 is 5.97 Å². The molecule has 0 aliphatic carbocycles. The van der Waals surface area contributed by atoms with Crippen molar-refractivity contribution in [2.45, 2.75) is 27.7 Å². The number of hydrogen-bond acceptors (Lipinski definition) is 3. The third-order valence-electron chi connectivity index (χ3n) is 3.59. The Bertz CT molecular complexity index is 855. The number of allylic oxidation sites excluding steroid dienone is 13. The van der Waals surface area contributed by atoms with Gasteiger partial charge in [-0.3, -0.25) is 0 Å². The van der Waals surface area contributed by atoms with Gasteiger partial charge in [0.15, 0.2) is 0 Å². The fourth-order valence-electron chi connectivity index (χ4n) is 2.25. The highest BCUT2D eigenvalue weighted by atomic mass is 16.5. The molecule has 0 aliphatic rings. The molecule has 0 radical (unpaired) electrons. The van der Waals surface area contributed by atoms with Crippen molar-refractivity contribution in [3.05, 3.63) is 134 Å². The third-order valence-corrected chi connectivity index (χ3v) is 3.59. The fraction of sp³-hybridized carbons (Fsp3) is 0.148. The number of nitrogens with zero attached hydrogens (tertiary/aromatic N) is 1. The van der Waals surface area contributed by atoms with Gasteiger partial charge in [0, 0.05) is 22.7 Å². The zero-order chi connectivity index (χ0) is 22.9. The molecule has 0 fully saturated rings. The van der Waals surface area contributed by atoms with Crippen LogP contribution in [0.3, 0.4) is 0 Å². The van der Waals surface area contributed by atoms with Gasteiger partial charge in [0.05, 0.1) is 0 Å². The summed E-state index contributed by atoms with van der Waals surface area (Å²) in [5.74, 6) is -0.192. The van der Waals surface area contributed by atoms with Gasteiger partial charge in [-0.25, -0.2) is 4.79 Å². The first-order valence-corrected chi connectivity index (χ1v) is 9.65. The van der Waals surface area contributed by atoms with Gasteiger partial charge in [0.25, 0.3) is 0 Å². The third kappa shape index (κ3) is 9.07. The first-order chi connectivity index (χ1) is 14.4. The molecule has 0 bridgehead atoms. The zero-order valence-electron chi connectivity index (χ0n) is 18.6. The van der Waals surface area contributed by atoms with Crippen molar-refractivity contribution in [3.63, 3.8) is 0 Å². The molecule has 158 valence electrons. The lowest BCUT2D eigenvalue weighted by Gasteiger charge is -2.28. The van der Waals surface area contributed by atoms with E-state index in [0.717, 1.165) is 17.1 Å². The predicted octanol–water partition coefficient (Wildman–Crippen LogP) is 7.23. The minimum Gasteiger partial charge on any atom is -0.423 e. The topological polar surface area (TPSA) is 29.5 Å². The van der Waals surface area contributed by atoms with Crippen molar-refractivity contribution in [1.82, 2.24) is 4.90 Å². The molecule has 0 N–H and O–H groups in total. The van der Waals surface area contributed by atoms with Crippen LogP contribution in [0.25, 0.3) is 0 Å². The van der Waals surface area contributed by atoms with Crippen molar-refractivity contribution in [2.75, 3.05) is 0 Å². The van der Waals surface area contributed by atoms with E-state index in [1.165, 1.54) is 6.08 Å². The van der Waals surface area contributed by atoms with E-state index in [-0.39, 0.29) is 0 Å². The number of rotatable bonds is 12. The van der Waals surface area contributed by atoms with Crippen LogP contribution in [0, 0.1) is 0 Å². The Labute approximate surface area is 182 Å². The minimum atomic E-state index is -0.504. The predicted molar refractivity (Wildman–Crippen MR) is 130 cm³/mol. The summed E-state index contributed by atoms with van der Waals surface area (Å²) in [6, 6.07) is 0. The van der Waals surface area contributed by atoms with E-state index in [4.69, 9.17) is 4.74 Å². The number of carbonyl (C=O) groups excluding carboxylic acids is 1. The second-order valence-electron chi connectivity index (χ2n) is 6.02. The first kappa shape index (κ1) is 26.4. The molecular weight excluding hydrogens is 370 g/mol. The van der Waals surface area contributed by atoms with Crippen LogP contribution in [0.5, 0.6) is 0 Å². The van der Waals surface area contributed by atoms with Gasteiger partial charge in [-0.1, -0.05) is 56.7 Å². The van der Waals surface area contributed by atoms with Gasteiger partial charge in [-0.15, -0.1) is 0 Å². The fourth-order valence-corrected chi connectivity index (χ4v) is 2.25. The van der Waals surface area contributed by atoms with E-state index < -0.39 is 5.97 Å². The molecular formula is C27H33NO2. The zero-order valence-corrected chi connectivity index (χ0v) is 18.6. The van der Waals surface area contributed by atoms with Gasteiger partial charge in [0.1, 0.15) is 5.76 Å². The molecule has 0 aliphatic heterocycles. The van der Waals surface area contributed by atoms with E-state index in [2.05, 4.69) is 26.3 Å². The molecule has 0 aromatic carbocycles. The quantitative estimate of drug-likeness (QED) is 0.149. The Kier molecular flexibility index (Phi) is 13.5. The van der Waals surface area contributed by atoms with Crippen LogP contribution in [-0.4, -0.2) is 10.9 Å². The highest BCUT2D eigenvalue weighted by molar-refractivity contribution is 5.87. The minimum absolute atomic E-state index is 0.311. The molecule has 0 rings (SSSR count). The van der Waals surface area contributed by atoms with E-state index >= 15 is 0 Å². The number of carbonyl (C=O) groups is 1. The molecule has 0 heterocycles. The molecule has 0 saturated heterocycles. The summed E-state index contributed by atoms with van der Waals surface area (Å²) in [6.07, 6.45) is 24.1. The van der Waals surface area contributed by atoms with Crippen molar-refractivity contribution in [1.29, 1.82) is 0 Å². The van der Waals surface area contributed by atoms with E-state index in [0.29, 0.717) is 11.3 Å². The Morgan fingerprint density at radius 2 is 1.40 bits per heavy atom. The largest absolute Gasteiger partial charge is 0.423 e. The SMILES string of the molecule is C=C/C=C(\C=C/C)N(/C(C=C)=C/C=C(\C=C)OC(=O)C(=C)C)C(/C=C\C)=C/C=C\C. The summed E-state index contributed by atoms with van der Waals surface area (Å²) >= 11 is 0. The second kappa shape index (κ2) is 15.3. The number of hydrogen-bond donors (Lipinski definition) is 0. The highest BCUT2D eigenvalue weighted by Crippen LogP contribution is 2.24. The maximum Gasteiger partial charge on any atom is 0.338 e. The van der Waals surface area contributed by atoms with Crippen LogP contribution in [0.15, 0.2) is 134 Å². The normalized spacial score (nSPS) is 13.7. The summed E-state index contributed by atoms with van der Waals surface area (Å²) < 4.78 is 5.29. The maximum atomic E-state index is 11.8. The summed E-state index contributed by atoms with van der Waals surface area (Å²) in [5, 5.41) is 0. The molecule has 0 amide bonds. The van der Waals surface area contributed by atoms with Crippen molar-refractivity contribution < 1.29 is 9.53 Å². The Hall–Kier alpha value is -3.59. The van der Waals surface area contributed by atoms with E-state index in [1.807, 2.05) is 80.4 Å². The summed E-state index contributed by atoms with van der Waals surface area (Å²) in [5.41, 5.74) is 2.88. The van der Waals surface area contributed by atoms with E-state index in [9.17, 15) is 4.79 Å². The molecule has 3 nitrogen and oxygen atoms in total. The van der Waals surface area contributed by atoms with Gasteiger partial charge in [0.2, 0.25) is 0 Å². The van der Waals surface area contributed by atoms with Crippen LogP contribution in [0.2, 0.25) is 0 Å². The molecule has 0 aromatic heterocycles. The van der Waals surface area contributed by atoms with E-state index in [1.54, 1.807) is 25.2 Å². The van der Waals surface area contributed by atoms with Gasteiger partial charge < -0.3 is 9.64 Å². The average molecular weight is 404 g/mol. The van der Waals surface area contributed by atoms with Gasteiger partial charge in [-0.2, -0.15) is 0 Å². The van der Waals surface area contributed by atoms with Crippen LogP contribution in [-0.2, 0) is 9.53 Å². The van der Waals surface area contributed by atoms with Gasteiger partial charge in [-0.05, 0) is 76.3 Å². The molecule has 3 heteroatoms. The lowest BCUT2D eigenvalue weighted by atomic mass is 10.2. The highest BCUT2D eigenvalue weighted by Gasteiger charge is 2.14. The lowest BCUT2D eigenvalue weighted by molar-refractivity contribution is -0.134. The summed E-state index contributed by atoms with van der Waals surface area (Å²) in [7, 11) is 0. The molecule has 0 saturated carbocycles. The molecule has 0 spiro atoms. The molecule has 0 aromatic rings. The van der Waals surface area contributed by atoms with Crippen LogP contribution >= 0.6 is 0 Å². The average Bonchev–Trinajstić information content (AvgIpc) is 2.73. The standard InChI is InChI=1S/C27H33NO2/c1-9-15-19-25(18-12-4)28(24(16-10-2)17-11-3)23(13-5)20-21-26(14-6)30-27(29)22(7)8/h9-21H,2,5-7H2,1,3-4,8H3/b15-9-,17-11-,18-12-,23-20+,24-16+,25-19+,26-21+. The van der Waals surface area contributed by atoms with Crippen LogP contribution in [0.1, 0.15) is 27.7 Å². The summed E-state index contributed by atoms with van der Waals surface area (Å²) in [4.78, 5) is 13.9. The first-order valence-electron chi connectivity index (χ1n) is 9.65.